The highest BCUT2D eigenvalue weighted by Gasteiger charge is 2.25. The minimum atomic E-state index is -0.386. The molecule has 0 unspecified atom stereocenters. The first-order valence-electron chi connectivity index (χ1n) is 9.83. The van der Waals surface area contributed by atoms with Gasteiger partial charge in [0.15, 0.2) is 23.0 Å². The van der Waals surface area contributed by atoms with Gasteiger partial charge in [0.2, 0.25) is 0 Å². The van der Waals surface area contributed by atoms with Gasteiger partial charge in [-0.15, -0.1) is 15.3 Å². The minimum Gasteiger partial charge on any atom is -0.388 e. The van der Waals surface area contributed by atoms with Crippen LogP contribution in [0.5, 0.6) is 0 Å². The van der Waals surface area contributed by atoms with Crippen molar-refractivity contribution in [1.29, 1.82) is 0 Å². The maximum absolute atomic E-state index is 13.4. The summed E-state index contributed by atoms with van der Waals surface area (Å²) in [4.78, 5) is 0. The van der Waals surface area contributed by atoms with Crippen LogP contribution in [-0.4, -0.2) is 36.1 Å². The van der Waals surface area contributed by atoms with E-state index in [4.69, 9.17) is 9.62 Å². The molecule has 0 amide bonds. The maximum atomic E-state index is 13.4. The van der Waals surface area contributed by atoms with Crippen molar-refractivity contribution < 1.29 is 14.0 Å². The molecule has 3 aromatic heterocycles. The summed E-state index contributed by atoms with van der Waals surface area (Å²) in [6, 6.07) is 13.8. The summed E-state index contributed by atoms with van der Waals surface area (Å²) in [6.45, 7) is 3.68. The number of aliphatic hydroxyl groups is 1. The Hall–Kier alpha value is -3.85. The van der Waals surface area contributed by atoms with Crippen LogP contribution in [0.2, 0.25) is 0 Å². The lowest BCUT2D eigenvalue weighted by Gasteiger charge is -2.13. The molecule has 156 valence electrons. The number of aliphatic hydroxyl groups excluding tert-OH is 1. The molecule has 8 nitrogen and oxygen atoms in total. The molecule has 5 rings (SSSR count). The molecule has 0 saturated heterocycles. The Balaban J connectivity index is 1.80. The first-order chi connectivity index (χ1) is 15.1. The van der Waals surface area contributed by atoms with Gasteiger partial charge < -0.3 is 14.9 Å². The van der Waals surface area contributed by atoms with E-state index in [1.165, 1.54) is 12.1 Å². The molecule has 0 bridgehead atoms. The van der Waals surface area contributed by atoms with E-state index < -0.39 is 0 Å². The van der Waals surface area contributed by atoms with E-state index in [0.717, 1.165) is 10.8 Å². The number of fused-ring (bicyclic) bond motifs is 3. The number of benzene rings is 2. The van der Waals surface area contributed by atoms with E-state index in [0.29, 0.717) is 34.1 Å². The molecule has 0 radical (unpaired) electrons. The second kappa shape index (κ2) is 7.44. The minimum absolute atomic E-state index is 0.159. The lowest BCUT2D eigenvalue weighted by molar-refractivity contribution is 0.230. The normalized spacial score (nSPS) is 11.6. The maximum Gasteiger partial charge on any atom is 0.191 e. The van der Waals surface area contributed by atoms with E-state index in [1.54, 1.807) is 16.6 Å². The second-order valence-electron chi connectivity index (χ2n) is 7.45. The van der Waals surface area contributed by atoms with Gasteiger partial charge in [-0.3, -0.25) is 0 Å². The lowest BCUT2D eigenvalue weighted by atomic mass is 10.1. The van der Waals surface area contributed by atoms with Crippen molar-refractivity contribution in [3.05, 3.63) is 60.1 Å². The van der Waals surface area contributed by atoms with Gasteiger partial charge in [0.05, 0.1) is 5.56 Å². The van der Waals surface area contributed by atoms with E-state index >= 15 is 0 Å². The number of hydrogen-bond donors (Lipinski definition) is 2. The van der Waals surface area contributed by atoms with E-state index in [1.807, 2.05) is 38.1 Å². The van der Waals surface area contributed by atoms with E-state index in [2.05, 4.69) is 20.7 Å². The quantitative estimate of drug-likeness (QED) is 0.444. The number of nitrogens with one attached hydrogen (secondary N) is 1. The molecule has 0 spiro atoms. The molecule has 0 atom stereocenters. The summed E-state index contributed by atoms with van der Waals surface area (Å²) in [5.74, 6) is 0.922. The average Bonchev–Trinajstić information content (AvgIpc) is 3.37. The Kier molecular flexibility index (Phi) is 4.59. The Morgan fingerprint density at radius 1 is 1.06 bits per heavy atom. The molecule has 5 aromatic rings. The van der Waals surface area contributed by atoms with Crippen LogP contribution in [0.3, 0.4) is 0 Å². The van der Waals surface area contributed by atoms with Crippen molar-refractivity contribution in [2.24, 2.45) is 0 Å². The first-order valence-corrected chi connectivity index (χ1v) is 9.83. The van der Waals surface area contributed by atoms with E-state index in [-0.39, 0.29) is 24.2 Å². The number of anilines is 1. The number of hydrogen-bond acceptors (Lipinski definition) is 7. The highest BCUT2D eigenvalue weighted by atomic mass is 19.1. The van der Waals surface area contributed by atoms with Crippen LogP contribution in [-0.2, 0) is 6.61 Å². The SMILES string of the molecule is CC(C)Nc1nn2c(-c3c(-c4ccc(F)cc4)noc3CO)nnc2c2ccccc12. The molecule has 31 heavy (non-hydrogen) atoms. The third kappa shape index (κ3) is 3.19. The van der Waals surface area contributed by atoms with Gasteiger partial charge in [-0.25, -0.2) is 4.39 Å². The van der Waals surface area contributed by atoms with Crippen molar-refractivity contribution in [3.63, 3.8) is 0 Å². The monoisotopic (exact) mass is 418 g/mol. The van der Waals surface area contributed by atoms with Crippen LogP contribution in [0.15, 0.2) is 53.1 Å². The summed E-state index contributed by atoms with van der Waals surface area (Å²) < 4.78 is 20.4. The van der Waals surface area contributed by atoms with Crippen molar-refractivity contribution in [2.75, 3.05) is 5.32 Å². The van der Waals surface area contributed by atoms with Crippen LogP contribution < -0.4 is 5.32 Å². The highest BCUT2D eigenvalue weighted by Crippen LogP contribution is 2.35. The second-order valence-corrected chi connectivity index (χ2v) is 7.45. The van der Waals surface area contributed by atoms with Crippen LogP contribution in [0.25, 0.3) is 39.1 Å². The smallest absolute Gasteiger partial charge is 0.191 e. The highest BCUT2D eigenvalue weighted by molar-refractivity contribution is 6.00. The summed E-state index contributed by atoms with van der Waals surface area (Å²) in [5.41, 5.74) is 2.07. The standard InChI is InChI=1S/C22H19FN6O2/c1-12(2)24-20-15-5-3-4-6-16(15)21-25-26-22(29(21)27-20)18-17(11-30)31-28-19(18)13-7-9-14(23)10-8-13/h3-10,12,30H,11H2,1-2H3,(H,24,27). The number of nitrogens with zero attached hydrogens (tertiary/aromatic N) is 5. The molecule has 2 N–H and O–H groups in total. The zero-order chi connectivity index (χ0) is 21.5. The van der Waals surface area contributed by atoms with Gasteiger partial charge in [-0.2, -0.15) is 4.52 Å². The van der Waals surface area contributed by atoms with E-state index in [9.17, 15) is 9.50 Å². The topological polar surface area (TPSA) is 101 Å². The Morgan fingerprint density at radius 3 is 2.52 bits per heavy atom. The molecule has 0 aliphatic carbocycles. The summed E-state index contributed by atoms with van der Waals surface area (Å²) in [7, 11) is 0. The van der Waals surface area contributed by atoms with Gasteiger partial charge in [0.25, 0.3) is 0 Å². The van der Waals surface area contributed by atoms with Crippen molar-refractivity contribution >= 4 is 22.2 Å². The molecule has 0 aliphatic rings. The zero-order valence-corrected chi connectivity index (χ0v) is 16.9. The fourth-order valence-electron chi connectivity index (χ4n) is 3.58. The lowest BCUT2D eigenvalue weighted by Crippen LogP contribution is -2.13. The zero-order valence-electron chi connectivity index (χ0n) is 16.9. The molecular formula is C22H19FN6O2. The number of aromatic nitrogens is 5. The fraction of sp³-hybridized carbons (Fsp3) is 0.182. The molecular weight excluding hydrogens is 399 g/mol. The third-order valence-corrected chi connectivity index (χ3v) is 4.94. The largest absolute Gasteiger partial charge is 0.388 e. The summed E-state index contributed by atoms with van der Waals surface area (Å²) in [5, 5.41) is 32.6. The summed E-state index contributed by atoms with van der Waals surface area (Å²) >= 11 is 0. The number of halogens is 1. The van der Waals surface area contributed by atoms with Crippen LogP contribution >= 0.6 is 0 Å². The van der Waals surface area contributed by atoms with Gasteiger partial charge in [-0.05, 0) is 38.1 Å². The molecule has 0 aliphatic heterocycles. The Labute approximate surface area is 176 Å². The molecule has 0 saturated carbocycles. The molecule has 2 aromatic carbocycles. The van der Waals surface area contributed by atoms with Gasteiger partial charge in [0, 0.05) is 22.4 Å². The van der Waals surface area contributed by atoms with Crippen LogP contribution in [0, 0.1) is 5.82 Å². The Bertz CT molecular complexity index is 1390. The predicted molar refractivity (Wildman–Crippen MR) is 114 cm³/mol. The van der Waals surface area contributed by atoms with Crippen molar-refractivity contribution in [2.45, 2.75) is 26.5 Å². The molecule has 3 heterocycles. The Morgan fingerprint density at radius 2 is 1.81 bits per heavy atom. The van der Waals surface area contributed by atoms with Gasteiger partial charge in [-0.1, -0.05) is 29.4 Å². The predicted octanol–water partition coefficient (Wildman–Crippen LogP) is 4.05. The molecule has 9 heteroatoms. The average molecular weight is 418 g/mol. The fourth-order valence-corrected chi connectivity index (χ4v) is 3.58. The molecule has 0 fully saturated rings. The first kappa shape index (κ1) is 19.1. The van der Waals surface area contributed by atoms with Crippen LogP contribution in [0.4, 0.5) is 10.2 Å². The number of rotatable bonds is 5. The van der Waals surface area contributed by atoms with Crippen LogP contribution in [0.1, 0.15) is 19.6 Å². The summed E-state index contributed by atoms with van der Waals surface area (Å²) in [6.07, 6.45) is 0. The van der Waals surface area contributed by atoms with Gasteiger partial charge >= 0.3 is 0 Å². The van der Waals surface area contributed by atoms with Crippen molar-refractivity contribution in [1.82, 2.24) is 25.0 Å². The van der Waals surface area contributed by atoms with Gasteiger partial charge in [0.1, 0.15) is 18.1 Å². The third-order valence-electron chi connectivity index (χ3n) is 4.94. The van der Waals surface area contributed by atoms with Crippen molar-refractivity contribution in [3.8, 4) is 22.6 Å².